The third-order valence-corrected chi connectivity index (χ3v) is 4.36. The van der Waals surface area contributed by atoms with E-state index >= 15 is 0 Å². The Morgan fingerprint density at radius 1 is 1.12 bits per heavy atom. The highest BCUT2D eigenvalue weighted by Crippen LogP contribution is 2.17. The molecule has 0 aliphatic carbocycles. The summed E-state index contributed by atoms with van der Waals surface area (Å²) in [7, 11) is 1.63. The Balaban J connectivity index is 2.53. The maximum Gasteiger partial charge on any atom is 0.335 e. The molecule has 0 saturated heterocycles. The predicted molar refractivity (Wildman–Crippen MR) is 102 cm³/mol. The number of benzene rings is 1. The van der Waals surface area contributed by atoms with Crippen LogP contribution in [-0.2, 0) is 20.9 Å². The summed E-state index contributed by atoms with van der Waals surface area (Å²) in [5, 5.41) is 10.2. The predicted octanol–water partition coefficient (Wildman–Crippen LogP) is 3.89. The van der Waals surface area contributed by atoms with Crippen molar-refractivity contribution in [3.05, 3.63) is 41.0 Å². The van der Waals surface area contributed by atoms with Crippen molar-refractivity contribution in [1.29, 1.82) is 0 Å². The topological polar surface area (TPSA) is 65.0 Å². The molecule has 1 aromatic rings. The molecule has 0 spiro atoms. The van der Waals surface area contributed by atoms with E-state index in [2.05, 4.69) is 0 Å². The number of esters is 1. The lowest BCUT2D eigenvalue weighted by molar-refractivity contribution is -0.160. The number of hydrogen-bond acceptors (Lipinski definition) is 5. The third kappa shape index (κ3) is 7.58. The second-order valence-electron chi connectivity index (χ2n) is 7.05. The summed E-state index contributed by atoms with van der Waals surface area (Å²) in [6.07, 6.45) is -1.18. The highest BCUT2D eigenvalue weighted by Gasteiger charge is 2.22. The van der Waals surface area contributed by atoms with Crippen molar-refractivity contribution in [2.24, 2.45) is 5.92 Å². The first-order chi connectivity index (χ1) is 12.2. The van der Waals surface area contributed by atoms with Crippen LogP contribution in [0.15, 0.2) is 35.4 Å². The SMILES string of the molecule is COc1ccc(COCC(C[C@H](O)C(=O)OC(C)C(C)C)=C(C)C)cc1. The smallest absolute Gasteiger partial charge is 0.335 e. The van der Waals surface area contributed by atoms with Crippen LogP contribution in [0.3, 0.4) is 0 Å². The Morgan fingerprint density at radius 2 is 1.73 bits per heavy atom. The maximum absolute atomic E-state index is 12.0. The summed E-state index contributed by atoms with van der Waals surface area (Å²) in [5.74, 6) is 0.429. The van der Waals surface area contributed by atoms with Gasteiger partial charge in [0.1, 0.15) is 11.9 Å². The Bertz CT molecular complexity index is 585. The first-order valence-electron chi connectivity index (χ1n) is 8.99. The summed E-state index contributed by atoms with van der Waals surface area (Å²) in [4.78, 5) is 12.0. The van der Waals surface area contributed by atoms with E-state index in [1.165, 1.54) is 0 Å². The molecule has 0 bridgehead atoms. The fourth-order valence-corrected chi connectivity index (χ4v) is 2.14. The van der Waals surface area contributed by atoms with Crippen molar-refractivity contribution >= 4 is 5.97 Å². The van der Waals surface area contributed by atoms with Crippen molar-refractivity contribution in [2.45, 2.75) is 59.9 Å². The van der Waals surface area contributed by atoms with Gasteiger partial charge in [-0.05, 0) is 50.0 Å². The zero-order chi connectivity index (χ0) is 19.7. The van der Waals surface area contributed by atoms with Gasteiger partial charge in [0.05, 0.1) is 20.3 Å². The number of carbonyl (C=O) groups excluding carboxylic acids is 1. The van der Waals surface area contributed by atoms with Gasteiger partial charge in [-0.3, -0.25) is 0 Å². The fraction of sp³-hybridized carbons (Fsp3) is 0.571. The molecule has 0 aliphatic rings. The van der Waals surface area contributed by atoms with Crippen molar-refractivity contribution in [2.75, 3.05) is 13.7 Å². The zero-order valence-corrected chi connectivity index (χ0v) is 16.7. The Kier molecular flexibility index (Phi) is 9.38. The number of hydrogen-bond donors (Lipinski definition) is 1. The molecule has 5 nitrogen and oxygen atoms in total. The molecule has 5 heteroatoms. The monoisotopic (exact) mass is 364 g/mol. The van der Waals surface area contributed by atoms with Gasteiger partial charge in [-0.25, -0.2) is 4.79 Å². The van der Waals surface area contributed by atoms with Gasteiger partial charge in [0, 0.05) is 6.42 Å². The average Bonchev–Trinajstić information content (AvgIpc) is 2.60. The standard InChI is InChI=1S/C21H32O5/c1-14(2)16(5)26-21(23)20(22)11-18(15(3)4)13-25-12-17-7-9-19(24-6)10-8-17/h7-10,14,16,20,22H,11-13H2,1-6H3/t16?,20-/m0/s1. The van der Waals surface area contributed by atoms with Gasteiger partial charge >= 0.3 is 5.97 Å². The first-order valence-corrected chi connectivity index (χ1v) is 8.99. The lowest BCUT2D eigenvalue weighted by Gasteiger charge is -2.20. The number of rotatable bonds is 10. The van der Waals surface area contributed by atoms with Crippen molar-refractivity contribution in [3.63, 3.8) is 0 Å². The molecule has 0 aliphatic heterocycles. The minimum absolute atomic E-state index is 0.210. The molecule has 0 fully saturated rings. The number of aliphatic hydroxyl groups is 1. The molecule has 1 unspecified atom stereocenters. The van der Waals surface area contributed by atoms with Gasteiger partial charge in [-0.1, -0.05) is 31.6 Å². The lowest BCUT2D eigenvalue weighted by Crippen LogP contribution is -2.30. The lowest BCUT2D eigenvalue weighted by atomic mass is 10.0. The minimum atomic E-state index is -1.18. The highest BCUT2D eigenvalue weighted by molar-refractivity contribution is 5.75. The van der Waals surface area contributed by atoms with Gasteiger partial charge in [-0.15, -0.1) is 0 Å². The van der Waals surface area contributed by atoms with E-state index in [9.17, 15) is 9.90 Å². The molecule has 1 N–H and O–H groups in total. The van der Waals surface area contributed by atoms with E-state index in [1.807, 2.05) is 58.9 Å². The van der Waals surface area contributed by atoms with Crippen molar-refractivity contribution < 1.29 is 24.1 Å². The van der Waals surface area contributed by atoms with Crippen LogP contribution in [0.25, 0.3) is 0 Å². The molecule has 0 heterocycles. The van der Waals surface area contributed by atoms with Gasteiger partial charge < -0.3 is 19.3 Å². The molecule has 1 rings (SSSR count). The largest absolute Gasteiger partial charge is 0.497 e. The number of carbonyl (C=O) groups is 1. The van der Waals surface area contributed by atoms with E-state index in [4.69, 9.17) is 14.2 Å². The van der Waals surface area contributed by atoms with Crippen molar-refractivity contribution in [1.82, 2.24) is 0 Å². The number of aliphatic hydroxyl groups excluding tert-OH is 1. The summed E-state index contributed by atoms with van der Waals surface area (Å²) in [5.41, 5.74) is 2.97. The average molecular weight is 364 g/mol. The quantitative estimate of drug-likeness (QED) is 0.504. The van der Waals surface area contributed by atoms with Crippen LogP contribution in [0, 0.1) is 5.92 Å². The van der Waals surface area contributed by atoms with Crippen LogP contribution < -0.4 is 4.74 Å². The molecule has 1 aromatic carbocycles. The Morgan fingerprint density at radius 3 is 2.23 bits per heavy atom. The highest BCUT2D eigenvalue weighted by atomic mass is 16.6. The zero-order valence-electron chi connectivity index (χ0n) is 16.7. The molecule has 0 radical (unpaired) electrons. The van der Waals surface area contributed by atoms with Gasteiger partial charge in [0.25, 0.3) is 0 Å². The normalized spacial score (nSPS) is 13.2. The van der Waals surface area contributed by atoms with E-state index < -0.39 is 12.1 Å². The molecule has 2 atom stereocenters. The van der Waals surface area contributed by atoms with Gasteiger partial charge in [0.15, 0.2) is 6.10 Å². The van der Waals surface area contributed by atoms with E-state index in [0.29, 0.717) is 13.2 Å². The minimum Gasteiger partial charge on any atom is -0.497 e. The fourth-order valence-electron chi connectivity index (χ4n) is 2.14. The third-order valence-electron chi connectivity index (χ3n) is 4.36. The van der Waals surface area contributed by atoms with E-state index in [0.717, 1.165) is 22.5 Å². The summed E-state index contributed by atoms with van der Waals surface area (Å²) < 4.78 is 16.2. The van der Waals surface area contributed by atoms with Crippen LogP contribution in [0.5, 0.6) is 5.75 Å². The van der Waals surface area contributed by atoms with Crippen LogP contribution in [0.4, 0.5) is 0 Å². The van der Waals surface area contributed by atoms with Crippen LogP contribution in [0.1, 0.15) is 46.6 Å². The van der Waals surface area contributed by atoms with Crippen LogP contribution in [0.2, 0.25) is 0 Å². The number of methoxy groups -OCH3 is 1. The number of allylic oxidation sites excluding steroid dienone is 1. The van der Waals surface area contributed by atoms with Gasteiger partial charge in [-0.2, -0.15) is 0 Å². The molecule has 0 aromatic heterocycles. The first kappa shape index (κ1) is 22.2. The second kappa shape index (κ2) is 11.0. The second-order valence-corrected chi connectivity index (χ2v) is 7.05. The Hall–Kier alpha value is -1.85. The summed E-state index contributed by atoms with van der Waals surface area (Å²) in [6.45, 7) is 10.5. The summed E-state index contributed by atoms with van der Waals surface area (Å²) >= 11 is 0. The molecule has 146 valence electrons. The Labute approximate surface area is 157 Å². The van der Waals surface area contributed by atoms with E-state index in [1.54, 1.807) is 7.11 Å². The molecule has 0 saturated carbocycles. The summed E-state index contributed by atoms with van der Waals surface area (Å²) in [6, 6.07) is 7.66. The van der Waals surface area contributed by atoms with Crippen LogP contribution >= 0.6 is 0 Å². The molecular weight excluding hydrogens is 332 g/mol. The maximum atomic E-state index is 12.0. The number of ether oxygens (including phenoxy) is 3. The van der Waals surface area contributed by atoms with E-state index in [-0.39, 0.29) is 18.4 Å². The molecule has 0 amide bonds. The van der Waals surface area contributed by atoms with Crippen molar-refractivity contribution in [3.8, 4) is 5.75 Å². The molecular formula is C21H32O5. The van der Waals surface area contributed by atoms with Gasteiger partial charge in [0.2, 0.25) is 0 Å². The van der Waals surface area contributed by atoms with Crippen LogP contribution in [-0.4, -0.2) is 37.0 Å². The molecule has 26 heavy (non-hydrogen) atoms.